The summed E-state index contributed by atoms with van der Waals surface area (Å²) in [4.78, 5) is 3.53. The fourth-order valence-electron chi connectivity index (χ4n) is 2.87. The van der Waals surface area contributed by atoms with Gasteiger partial charge in [-0.25, -0.2) is 12.7 Å². The summed E-state index contributed by atoms with van der Waals surface area (Å²) in [6.07, 6.45) is 2.41. The smallest absolute Gasteiger partial charge is 0.275 e. The molecule has 0 bridgehead atoms. The molecule has 2 aromatic rings. The maximum atomic E-state index is 12.2. The van der Waals surface area contributed by atoms with Gasteiger partial charge in [-0.1, -0.05) is 6.07 Å². The Morgan fingerprint density at radius 1 is 1.24 bits per heavy atom. The minimum Gasteiger partial charge on any atom is -0.447 e. The van der Waals surface area contributed by atoms with Gasteiger partial charge >= 0.3 is 0 Å². The van der Waals surface area contributed by atoms with Crippen LogP contribution in [0.2, 0.25) is 0 Å². The van der Waals surface area contributed by atoms with E-state index >= 15 is 0 Å². The molecule has 3 rings (SSSR count). The Morgan fingerprint density at radius 3 is 2.72 bits per heavy atom. The highest BCUT2D eigenvalue weighted by Crippen LogP contribution is 2.22. The van der Waals surface area contributed by atoms with Crippen molar-refractivity contribution in [1.82, 2.24) is 9.21 Å². The first-order valence-electron chi connectivity index (χ1n) is 8.33. The molecule has 0 N–H and O–H groups in total. The fraction of sp³-hybridized carbons (Fsp3) is 0.529. The Labute approximate surface area is 153 Å². The predicted molar refractivity (Wildman–Crippen MR) is 97.0 cm³/mol. The second-order valence-corrected chi connectivity index (χ2v) is 9.51. The summed E-state index contributed by atoms with van der Waals surface area (Å²) in [7, 11) is -0.543. The first-order chi connectivity index (χ1) is 11.9. The second-order valence-electron chi connectivity index (χ2n) is 6.39. The third-order valence-corrected chi connectivity index (χ3v) is 6.75. The number of sulfonamides is 1. The van der Waals surface area contributed by atoms with Crippen molar-refractivity contribution < 1.29 is 17.6 Å². The van der Waals surface area contributed by atoms with Crippen LogP contribution in [-0.4, -0.2) is 51.0 Å². The lowest BCUT2D eigenvalue weighted by Crippen LogP contribution is -2.31. The van der Waals surface area contributed by atoms with E-state index in [0.717, 1.165) is 36.8 Å². The molecule has 138 valence electrons. The van der Waals surface area contributed by atoms with Gasteiger partial charge in [-0.15, -0.1) is 11.3 Å². The largest absolute Gasteiger partial charge is 0.447 e. The Kier molecular flexibility index (Phi) is 5.96. The van der Waals surface area contributed by atoms with Gasteiger partial charge in [0.2, 0.25) is 5.09 Å². The average molecular weight is 385 g/mol. The first kappa shape index (κ1) is 18.6. The van der Waals surface area contributed by atoms with Crippen LogP contribution in [0.15, 0.2) is 39.2 Å². The van der Waals surface area contributed by atoms with Gasteiger partial charge in [-0.2, -0.15) is 0 Å². The van der Waals surface area contributed by atoms with Crippen LogP contribution in [0.5, 0.6) is 0 Å². The molecule has 6 nitrogen and oxygen atoms in total. The lowest BCUT2D eigenvalue weighted by atomic mass is 10.2. The lowest BCUT2D eigenvalue weighted by Gasteiger charge is -2.23. The van der Waals surface area contributed by atoms with Crippen molar-refractivity contribution in [2.75, 3.05) is 27.2 Å². The molecule has 1 aliphatic heterocycles. The summed E-state index contributed by atoms with van der Waals surface area (Å²) < 4.78 is 36.9. The molecule has 1 fully saturated rings. The molecule has 25 heavy (non-hydrogen) atoms. The topological polar surface area (TPSA) is 63.0 Å². The van der Waals surface area contributed by atoms with E-state index in [1.165, 1.54) is 25.0 Å². The Bertz CT molecular complexity index is 762. The number of ether oxygens (including phenoxy) is 1. The molecule has 0 spiro atoms. The monoisotopic (exact) mass is 384 g/mol. The number of furan rings is 1. The summed E-state index contributed by atoms with van der Waals surface area (Å²) in [5, 5.41) is 2.05. The SMILES string of the molecule is CN(C)S(=O)(=O)c1ccc(CN(Cc2cccs2)CC2CCCO2)o1. The Morgan fingerprint density at radius 2 is 2.08 bits per heavy atom. The van der Waals surface area contributed by atoms with Crippen LogP contribution in [-0.2, 0) is 27.8 Å². The molecular formula is C17H24N2O4S2. The highest BCUT2D eigenvalue weighted by molar-refractivity contribution is 7.88. The van der Waals surface area contributed by atoms with Gasteiger partial charge in [-0.05, 0) is 36.4 Å². The number of rotatable bonds is 8. The summed E-state index contributed by atoms with van der Waals surface area (Å²) in [5.74, 6) is 0.648. The highest BCUT2D eigenvalue weighted by Gasteiger charge is 2.24. The minimum atomic E-state index is -3.54. The molecule has 2 aromatic heterocycles. The number of nitrogens with zero attached hydrogens (tertiary/aromatic N) is 2. The maximum Gasteiger partial charge on any atom is 0.275 e. The Balaban J connectivity index is 1.72. The molecule has 1 aliphatic rings. The van der Waals surface area contributed by atoms with E-state index in [9.17, 15) is 8.42 Å². The number of thiophene rings is 1. The first-order valence-corrected chi connectivity index (χ1v) is 10.6. The molecule has 0 aliphatic carbocycles. The summed E-state index contributed by atoms with van der Waals surface area (Å²) in [5.41, 5.74) is 0. The molecule has 0 aromatic carbocycles. The van der Waals surface area contributed by atoms with Crippen LogP contribution in [0, 0.1) is 0 Å². The van der Waals surface area contributed by atoms with Crippen LogP contribution in [0.3, 0.4) is 0 Å². The van der Waals surface area contributed by atoms with Gasteiger partial charge in [-0.3, -0.25) is 4.90 Å². The van der Waals surface area contributed by atoms with Crippen molar-refractivity contribution in [3.63, 3.8) is 0 Å². The predicted octanol–water partition coefficient (Wildman–Crippen LogP) is 2.77. The molecule has 1 saturated heterocycles. The summed E-state index contributed by atoms with van der Waals surface area (Å²) in [6.45, 7) is 2.99. The van der Waals surface area contributed by atoms with E-state index in [0.29, 0.717) is 12.3 Å². The van der Waals surface area contributed by atoms with E-state index < -0.39 is 10.0 Å². The van der Waals surface area contributed by atoms with Crippen LogP contribution in [0.1, 0.15) is 23.5 Å². The van der Waals surface area contributed by atoms with Gasteiger partial charge in [0.1, 0.15) is 5.76 Å². The quantitative estimate of drug-likeness (QED) is 0.700. The van der Waals surface area contributed by atoms with Crippen molar-refractivity contribution in [2.45, 2.75) is 37.1 Å². The van der Waals surface area contributed by atoms with Gasteiger partial charge < -0.3 is 9.15 Å². The van der Waals surface area contributed by atoms with Gasteiger partial charge in [0.05, 0.1) is 12.6 Å². The van der Waals surface area contributed by atoms with Gasteiger partial charge in [0, 0.05) is 38.7 Å². The molecular weight excluding hydrogens is 360 g/mol. The zero-order chi connectivity index (χ0) is 17.9. The third kappa shape index (κ3) is 4.71. The second kappa shape index (κ2) is 8.01. The van der Waals surface area contributed by atoms with Crippen molar-refractivity contribution in [1.29, 1.82) is 0 Å². The van der Waals surface area contributed by atoms with Crippen LogP contribution in [0.4, 0.5) is 0 Å². The third-order valence-electron chi connectivity index (χ3n) is 4.20. The molecule has 0 radical (unpaired) electrons. The zero-order valence-electron chi connectivity index (χ0n) is 14.6. The maximum absolute atomic E-state index is 12.2. The molecule has 8 heteroatoms. The zero-order valence-corrected chi connectivity index (χ0v) is 16.2. The van der Waals surface area contributed by atoms with Crippen molar-refractivity contribution in [3.8, 4) is 0 Å². The van der Waals surface area contributed by atoms with Gasteiger partial charge in [0.15, 0.2) is 0 Å². The van der Waals surface area contributed by atoms with E-state index in [4.69, 9.17) is 9.15 Å². The van der Waals surface area contributed by atoms with E-state index in [1.807, 2.05) is 6.07 Å². The van der Waals surface area contributed by atoms with Crippen LogP contribution in [0.25, 0.3) is 0 Å². The summed E-state index contributed by atoms with van der Waals surface area (Å²) >= 11 is 1.72. The van der Waals surface area contributed by atoms with Crippen molar-refractivity contribution in [2.24, 2.45) is 0 Å². The summed E-state index contributed by atoms with van der Waals surface area (Å²) in [6, 6.07) is 7.42. The molecule has 1 unspecified atom stereocenters. The number of hydrogen-bond donors (Lipinski definition) is 0. The van der Waals surface area contributed by atoms with Gasteiger partial charge in [0.25, 0.3) is 10.0 Å². The fourth-order valence-corrected chi connectivity index (χ4v) is 4.42. The van der Waals surface area contributed by atoms with E-state index in [-0.39, 0.29) is 11.2 Å². The normalized spacial score (nSPS) is 18.5. The average Bonchev–Trinajstić information content (AvgIpc) is 3.29. The van der Waals surface area contributed by atoms with E-state index in [2.05, 4.69) is 16.3 Å². The molecule has 1 atom stereocenters. The van der Waals surface area contributed by atoms with Crippen molar-refractivity contribution in [3.05, 3.63) is 40.3 Å². The Hall–Kier alpha value is -1.19. The number of hydrogen-bond acceptors (Lipinski definition) is 6. The van der Waals surface area contributed by atoms with Crippen LogP contribution < -0.4 is 0 Å². The molecule has 0 amide bonds. The minimum absolute atomic E-state index is 0.0133. The standard InChI is InChI=1S/C17H24N2O4S2/c1-18(2)25(20,21)17-8-7-15(23-17)12-19(11-14-5-3-9-22-14)13-16-6-4-10-24-16/h4,6-8,10,14H,3,5,9,11-13H2,1-2H3. The lowest BCUT2D eigenvalue weighted by molar-refractivity contribution is 0.0654. The van der Waals surface area contributed by atoms with Crippen molar-refractivity contribution >= 4 is 21.4 Å². The van der Waals surface area contributed by atoms with Crippen LogP contribution >= 0.6 is 11.3 Å². The highest BCUT2D eigenvalue weighted by atomic mass is 32.2. The molecule has 0 saturated carbocycles. The molecule has 3 heterocycles. The van der Waals surface area contributed by atoms with E-state index in [1.54, 1.807) is 17.4 Å².